The van der Waals surface area contributed by atoms with E-state index in [1.807, 2.05) is 6.07 Å². The number of aromatic nitrogens is 5. The zero-order chi connectivity index (χ0) is 21.8. The molecular formula is C20H18Cl2N6O3. The first-order valence-corrected chi connectivity index (χ1v) is 10.1. The van der Waals surface area contributed by atoms with E-state index in [0.29, 0.717) is 51.6 Å². The fourth-order valence-electron chi connectivity index (χ4n) is 2.93. The van der Waals surface area contributed by atoms with Gasteiger partial charge in [-0.3, -0.25) is 19.4 Å². The van der Waals surface area contributed by atoms with Gasteiger partial charge in [-0.25, -0.2) is 4.98 Å². The average molecular weight is 461 g/mol. The molecule has 3 aromatic heterocycles. The third-order valence-corrected chi connectivity index (χ3v) is 5.21. The van der Waals surface area contributed by atoms with Crippen LogP contribution in [-0.2, 0) is 19.7 Å². The van der Waals surface area contributed by atoms with Crippen LogP contribution in [0.15, 0.2) is 47.5 Å². The first-order valence-electron chi connectivity index (χ1n) is 9.35. The highest BCUT2D eigenvalue weighted by molar-refractivity contribution is 6.42. The average Bonchev–Trinajstić information content (AvgIpc) is 3.18. The van der Waals surface area contributed by atoms with Crippen LogP contribution in [0.25, 0.3) is 11.0 Å². The third-order valence-electron chi connectivity index (χ3n) is 4.47. The van der Waals surface area contributed by atoms with Gasteiger partial charge in [0.1, 0.15) is 17.9 Å². The number of aromatic amines is 1. The lowest BCUT2D eigenvalue weighted by Crippen LogP contribution is -2.18. The number of rotatable bonds is 8. The van der Waals surface area contributed by atoms with Crippen molar-refractivity contribution < 1.29 is 9.84 Å². The van der Waals surface area contributed by atoms with Crippen molar-refractivity contribution in [3.63, 3.8) is 0 Å². The van der Waals surface area contributed by atoms with Crippen LogP contribution in [0.1, 0.15) is 11.3 Å². The maximum atomic E-state index is 12.6. The van der Waals surface area contributed by atoms with Gasteiger partial charge in [0, 0.05) is 6.54 Å². The first kappa shape index (κ1) is 21.1. The summed E-state index contributed by atoms with van der Waals surface area (Å²) in [4.78, 5) is 23.8. The van der Waals surface area contributed by atoms with E-state index in [4.69, 9.17) is 33.0 Å². The minimum Gasteiger partial charge on any atom is -0.490 e. The maximum Gasteiger partial charge on any atom is 0.278 e. The standard InChI is InChI=1S/C20H18Cl2N6O3/c21-15-4-1-12(7-16(15)22)8-24-20-26-17-10-25-28(18(17)19(30)27-20)5-6-31-14-3-2-13(11-29)23-9-14/h1-4,7,9-10,29H,5-6,8,11H2,(H2,24,26,27,30). The predicted molar refractivity (Wildman–Crippen MR) is 118 cm³/mol. The molecule has 0 aliphatic rings. The Bertz CT molecular complexity index is 1260. The highest BCUT2D eigenvalue weighted by Crippen LogP contribution is 2.23. The van der Waals surface area contributed by atoms with Gasteiger partial charge in [-0.2, -0.15) is 5.10 Å². The second-order valence-electron chi connectivity index (χ2n) is 6.61. The molecule has 0 amide bonds. The molecule has 160 valence electrons. The molecule has 3 heterocycles. The van der Waals surface area contributed by atoms with Crippen molar-refractivity contribution in [3.05, 3.63) is 74.4 Å². The summed E-state index contributed by atoms with van der Waals surface area (Å²) < 4.78 is 7.17. The highest BCUT2D eigenvalue weighted by atomic mass is 35.5. The summed E-state index contributed by atoms with van der Waals surface area (Å²) in [5, 5.41) is 17.3. The molecule has 1 aromatic carbocycles. The molecule has 0 saturated carbocycles. The Morgan fingerprint density at radius 1 is 1.16 bits per heavy atom. The fraction of sp³-hybridized carbons (Fsp3) is 0.200. The number of ether oxygens (including phenoxy) is 1. The lowest BCUT2D eigenvalue weighted by molar-refractivity contribution is 0.274. The Kier molecular flexibility index (Phi) is 6.36. The molecule has 31 heavy (non-hydrogen) atoms. The van der Waals surface area contributed by atoms with Gasteiger partial charge in [0.25, 0.3) is 5.56 Å². The number of hydrogen-bond acceptors (Lipinski definition) is 7. The van der Waals surface area contributed by atoms with E-state index in [1.54, 1.807) is 28.9 Å². The number of nitrogens with zero attached hydrogens (tertiary/aromatic N) is 4. The number of aliphatic hydroxyl groups is 1. The van der Waals surface area contributed by atoms with Crippen molar-refractivity contribution in [1.29, 1.82) is 0 Å². The van der Waals surface area contributed by atoms with Crippen molar-refractivity contribution in [3.8, 4) is 5.75 Å². The van der Waals surface area contributed by atoms with Gasteiger partial charge in [-0.1, -0.05) is 29.3 Å². The van der Waals surface area contributed by atoms with E-state index in [2.05, 4.69) is 25.4 Å². The Balaban J connectivity index is 1.42. The van der Waals surface area contributed by atoms with Crippen LogP contribution in [0.2, 0.25) is 10.0 Å². The Morgan fingerprint density at radius 2 is 2.03 bits per heavy atom. The molecular weight excluding hydrogens is 443 g/mol. The largest absolute Gasteiger partial charge is 0.490 e. The monoisotopic (exact) mass is 460 g/mol. The Labute approximate surface area is 186 Å². The molecule has 0 saturated heterocycles. The van der Waals surface area contributed by atoms with Gasteiger partial charge in [0.2, 0.25) is 5.95 Å². The van der Waals surface area contributed by atoms with Gasteiger partial charge < -0.3 is 15.2 Å². The topological polar surface area (TPSA) is 118 Å². The van der Waals surface area contributed by atoms with Crippen molar-refractivity contribution >= 4 is 40.2 Å². The molecule has 4 aromatic rings. The van der Waals surface area contributed by atoms with Crippen LogP contribution in [0.3, 0.4) is 0 Å². The number of anilines is 1. The lowest BCUT2D eigenvalue weighted by Gasteiger charge is -2.08. The van der Waals surface area contributed by atoms with Crippen LogP contribution in [0.5, 0.6) is 5.75 Å². The van der Waals surface area contributed by atoms with Crippen molar-refractivity contribution in [2.75, 3.05) is 11.9 Å². The summed E-state index contributed by atoms with van der Waals surface area (Å²) in [6.45, 7) is 0.926. The first-order chi connectivity index (χ1) is 15.0. The van der Waals surface area contributed by atoms with Crippen molar-refractivity contribution in [2.24, 2.45) is 0 Å². The molecule has 0 aliphatic heterocycles. The third kappa shape index (κ3) is 4.96. The van der Waals surface area contributed by atoms with E-state index >= 15 is 0 Å². The number of fused-ring (bicyclic) bond motifs is 1. The number of halogens is 2. The van der Waals surface area contributed by atoms with Crippen LogP contribution in [-0.4, -0.2) is 36.4 Å². The smallest absolute Gasteiger partial charge is 0.278 e. The lowest BCUT2D eigenvalue weighted by atomic mass is 10.2. The summed E-state index contributed by atoms with van der Waals surface area (Å²) in [6.07, 6.45) is 3.07. The minimum atomic E-state index is -0.312. The molecule has 0 spiro atoms. The number of benzene rings is 1. The minimum absolute atomic E-state index is 0.125. The molecule has 0 radical (unpaired) electrons. The molecule has 4 rings (SSSR count). The molecule has 9 nitrogen and oxygen atoms in total. The summed E-state index contributed by atoms with van der Waals surface area (Å²) in [5.41, 5.74) is 1.97. The van der Waals surface area contributed by atoms with Gasteiger partial charge in [0.15, 0.2) is 5.52 Å². The normalized spacial score (nSPS) is 11.1. The predicted octanol–water partition coefficient (Wildman–Crippen LogP) is 3.00. The van der Waals surface area contributed by atoms with E-state index in [-0.39, 0.29) is 18.8 Å². The van der Waals surface area contributed by atoms with Crippen LogP contribution < -0.4 is 15.6 Å². The van der Waals surface area contributed by atoms with E-state index < -0.39 is 0 Å². The second kappa shape index (κ2) is 9.34. The zero-order valence-corrected chi connectivity index (χ0v) is 17.7. The van der Waals surface area contributed by atoms with E-state index in [1.165, 1.54) is 12.4 Å². The molecule has 3 N–H and O–H groups in total. The van der Waals surface area contributed by atoms with Crippen LogP contribution in [0, 0.1) is 0 Å². The summed E-state index contributed by atoms with van der Waals surface area (Å²) >= 11 is 12.0. The second-order valence-corrected chi connectivity index (χ2v) is 7.42. The fourth-order valence-corrected chi connectivity index (χ4v) is 3.26. The molecule has 0 bridgehead atoms. The van der Waals surface area contributed by atoms with Gasteiger partial charge >= 0.3 is 0 Å². The quantitative estimate of drug-likeness (QED) is 0.369. The van der Waals surface area contributed by atoms with Gasteiger partial charge in [-0.15, -0.1) is 0 Å². The van der Waals surface area contributed by atoms with Crippen LogP contribution in [0.4, 0.5) is 5.95 Å². The summed E-state index contributed by atoms with van der Waals surface area (Å²) in [7, 11) is 0. The molecule has 0 aliphatic carbocycles. The van der Waals surface area contributed by atoms with Gasteiger partial charge in [0.05, 0.1) is 41.3 Å². The maximum absolute atomic E-state index is 12.6. The molecule has 0 unspecified atom stereocenters. The number of nitrogens with one attached hydrogen (secondary N) is 2. The summed E-state index contributed by atoms with van der Waals surface area (Å²) in [5.74, 6) is 0.893. The van der Waals surface area contributed by atoms with Gasteiger partial charge in [-0.05, 0) is 29.8 Å². The summed E-state index contributed by atoms with van der Waals surface area (Å²) in [6, 6.07) is 8.70. The van der Waals surface area contributed by atoms with E-state index in [0.717, 1.165) is 5.56 Å². The number of aliphatic hydroxyl groups excluding tert-OH is 1. The highest BCUT2D eigenvalue weighted by Gasteiger charge is 2.11. The molecule has 0 fully saturated rings. The van der Waals surface area contributed by atoms with Crippen LogP contribution >= 0.6 is 23.2 Å². The van der Waals surface area contributed by atoms with Crippen molar-refractivity contribution in [2.45, 2.75) is 19.7 Å². The molecule has 0 atom stereocenters. The Hall–Kier alpha value is -3.14. The van der Waals surface area contributed by atoms with E-state index in [9.17, 15) is 4.79 Å². The molecule has 11 heteroatoms. The number of pyridine rings is 1. The Morgan fingerprint density at radius 3 is 2.77 bits per heavy atom. The number of H-pyrrole nitrogens is 1. The van der Waals surface area contributed by atoms with Crippen molar-refractivity contribution in [1.82, 2.24) is 24.7 Å². The number of hydrogen-bond donors (Lipinski definition) is 3. The SMILES string of the molecule is O=c1[nH]c(NCc2ccc(Cl)c(Cl)c2)nc2cnn(CCOc3ccc(CO)nc3)c12. The zero-order valence-electron chi connectivity index (χ0n) is 16.2.